The number of carbonyl (C=O) groups excluding carboxylic acids is 4. The molecule has 2 N–H and O–H groups in total. The third-order valence-corrected chi connectivity index (χ3v) is 7.89. The molecule has 1 aliphatic rings. The van der Waals surface area contributed by atoms with Crippen molar-refractivity contribution in [3.8, 4) is 11.5 Å². The lowest BCUT2D eigenvalue weighted by Crippen LogP contribution is -2.32. The molecule has 12 nitrogen and oxygen atoms in total. The van der Waals surface area contributed by atoms with Gasteiger partial charge in [0, 0.05) is 24.5 Å². The number of ether oxygens (including phenoxy) is 4. The van der Waals surface area contributed by atoms with Crippen molar-refractivity contribution in [2.24, 2.45) is 0 Å². The van der Waals surface area contributed by atoms with Gasteiger partial charge >= 0.3 is 24.1 Å². The van der Waals surface area contributed by atoms with Gasteiger partial charge in [0.05, 0.1) is 12.8 Å². The molecule has 2 aromatic rings. The number of hydrogen-bond acceptors (Lipinski definition) is 10. The van der Waals surface area contributed by atoms with Crippen molar-refractivity contribution in [3.05, 3.63) is 48.5 Å². The fourth-order valence-electron chi connectivity index (χ4n) is 5.02. The number of carbonyl (C=O) groups is 4. The van der Waals surface area contributed by atoms with Crippen molar-refractivity contribution in [3.63, 3.8) is 0 Å². The second kappa shape index (κ2) is 19.4. The van der Waals surface area contributed by atoms with Crippen LogP contribution in [0.15, 0.2) is 48.5 Å². The number of nitrogens with one attached hydrogen (secondary N) is 2. The first kappa shape index (κ1) is 36.3. The van der Waals surface area contributed by atoms with Crippen LogP contribution in [0, 0.1) is 0 Å². The van der Waals surface area contributed by atoms with Gasteiger partial charge in [-0.2, -0.15) is 0 Å². The molecular weight excluding hydrogens is 592 g/mol. The van der Waals surface area contributed by atoms with Crippen molar-refractivity contribution >= 4 is 35.5 Å². The van der Waals surface area contributed by atoms with Gasteiger partial charge in [0.25, 0.3) is 0 Å². The van der Waals surface area contributed by atoms with E-state index >= 15 is 0 Å². The molecule has 0 aromatic heterocycles. The van der Waals surface area contributed by atoms with Crippen molar-refractivity contribution in [2.75, 3.05) is 49.9 Å². The molecule has 1 saturated carbocycles. The third-order valence-electron chi connectivity index (χ3n) is 7.89. The van der Waals surface area contributed by atoms with Gasteiger partial charge < -0.3 is 28.7 Å². The normalized spacial score (nSPS) is 16.0. The number of esters is 2. The molecular formula is C34H48N4O8. The van der Waals surface area contributed by atoms with Crippen molar-refractivity contribution in [2.45, 2.75) is 78.4 Å². The Balaban J connectivity index is 1.32. The molecule has 0 saturated heterocycles. The summed E-state index contributed by atoms with van der Waals surface area (Å²) in [5.41, 5.74) is 1.03. The van der Waals surface area contributed by atoms with Crippen LogP contribution in [0.4, 0.5) is 21.0 Å². The largest absolute Gasteiger partial charge is 0.446 e. The molecule has 0 atom stereocenters. The Labute approximate surface area is 271 Å². The fourth-order valence-corrected chi connectivity index (χ4v) is 5.02. The predicted molar refractivity (Wildman–Crippen MR) is 175 cm³/mol. The average Bonchev–Trinajstić information content (AvgIpc) is 3.05. The number of rotatable bonds is 16. The lowest BCUT2D eigenvalue weighted by atomic mass is 9.95. The van der Waals surface area contributed by atoms with E-state index in [0.717, 1.165) is 26.2 Å². The molecule has 12 heteroatoms. The van der Waals surface area contributed by atoms with Crippen LogP contribution in [0.5, 0.6) is 11.5 Å². The lowest BCUT2D eigenvalue weighted by molar-refractivity contribution is -0.135. The highest BCUT2D eigenvalue weighted by Gasteiger charge is 2.26. The van der Waals surface area contributed by atoms with Crippen molar-refractivity contribution < 1.29 is 38.1 Å². The van der Waals surface area contributed by atoms with Gasteiger partial charge in [0.1, 0.15) is 23.7 Å². The highest BCUT2D eigenvalue weighted by Crippen LogP contribution is 2.25. The minimum Gasteiger partial charge on any atom is -0.446 e. The zero-order chi connectivity index (χ0) is 33.3. The molecule has 3 rings (SSSR count). The number of hydrogen-bond donors (Lipinski definition) is 2. The standard InChI is InChI=1S/C34H48N4O8/c1-5-37(6-2)23-21-31(39)43-27-13-9-25(10-14-27)35-33(41)45-29-17-19-30(20-18-29)46-34(42)36-26-11-15-28(16-12-26)44-32(40)22-24-38(7-3)8-4/h9-16,29-30H,5-8,17-24H2,1-4H3,(H,35,41)(H,36,42). The van der Waals surface area contributed by atoms with Gasteiger partial charge in [-0.25, -0.2) is 9.59 Å². The minimum atomic E-state index is -0.580. The van der Waals surface area contributed by atoms with E-state index < -0.39 is 12.2 Å². The maximum atomic E-state index is 12.4. The first-order chi connectivity index (χ1) is 22.2. The van der Waals surface area contributed by atoms with Gasteiger partial charge in [0.2, 0.25) is 0 Å². The second-order valence-electron chi connectivity index (χ2n) is 11.0. The van der Waals surface area contributed by atoms with Gasteiger partial charge in [-0.3, -0.25) is 20.2 Å². The smallest absolute Gasteiger partial charge is 0.411 e. The fraction of sp³-hybridized carbons (Fsp3) is 0.529. The van der Waals surface area contributed by atoms with Crippen LogP contribution in [0.3, 0.4) is 0 Å². The Bertz CT molecular complexity index is 1140. The summed E-state index contributed by atoms with van der Waals surface area (Å²) in [4.78, 5) is 53.4. The topological polar surface area (TPSA) is 136 Å². The summed E-state index contributed by atoms with van der Waals surface area (Å²) in [6.45, 7) is 13.0. The minimum absolute atomic E-state index is 0.295. The molecule has 0 aliphatic heterocycles. The molecule has 46 heavy (non-hydrogen) atoms. The van der Waals surface area contributed by atoms with Gasteiger partial charge in [-0.1, -0.05) is 27.7 Å². The zero-order valence-corrected chi connectivity index (χ0v) is 27.4. The highest BCUT2D eigenvalue weighted by molar-refractivity contribution is 5.85. The number of benzene rings is 2. The van der Waals surface area contributed by atoms with Gasteiger partial charge in [-0.05, 0) is 100 Å². The second-order valence-corrected chi connectivity index (χ2v) is 11.0. The first-order valence-electron chi connectivity index (χ1n) is 16.2. The monoisotopic (exact) mass is 640 g/mol. The van der Waals surface area contributed by atoms with Crippen molar-refractivity contribution in [1.82, 2.24) is 9.80 Å². The molecule has 0 heterocycles. The van der Waals surface area contributed by atoms with E-state index in [9.17, 15) is 19.2 Å². The van der Waals surface area contributed by atoms with E-state index in [1.807, 2.05) is 27.7 Å². The van der Waals surface area contributed by atoms with Crippen molar-refractivity contribution in [1.29, 1.82) is 0 Å². The van der Waals surface area contributed by atoms with Crippen LogP contribution in [0.25, 0.3) is 0 Å². The predicted octanol–water partition coefficient (Wildman–Crippen LogP) is 6.07. The number of amides is 2. The van der Waals surface area contributed by atoms with Crippen LogP contribution < -0.4 is 20.1 Å². The Morgan fingerprint density at radius 3 is 1.22 bits per heavy atom. The van der Waals surface area contributed by atoms with Crippen LogP contribution in [-0.2, 0) is 19.1 Å². The molecule has 0 spiro atoms. The van der Waals surface area contributed by atoms with Crippen LogP contribution in [0.1, 0.15) is 66.2 Å². The SMILES string of the molecule is CCN(CC)CCC(=O)Oc1ccc(NC(=O)OC2CCC(OC(=O)Nc3ccc(OC(=O)CCN(CC)CC)cc3)CC2)cc1. The zero-order valence-electron chi connectivity index (χ0n) is 27.4. The summed E-state index contributed by atoms with van der Waals surface area (Å²) in [5.74, 6) is 0.203. The van der Waals surface area contributed by atoms with Crippen LogP contribution >= 0.6 is 0 Å². The van der Waals surface area contributed by atoms with E-state index in [1.54, 1.807) is 48.5 Å². The first-order valence-corrected chi connectivity index (χ1v) is 16.2. The Hall–Kier alpha value is -4.16. The molecule has 0 unspecified atom stereocenters. The van der Waals surface area contributed by atoms with E-state index in [0.29, 0.717) is 74.5 Å². The molecule has 0 radical (unpaired) electrons. The maximum Gasteiger partial charge on any atom is 0.411 e. The van der Waals surface area contributed by atoms with E-state index in [2.05, 4.69) is 20.4 Å². The van der Waals surface area contributed by atoms with Gasteiger partial charge in [0.15, 0.2) is 0 Å². The molecule has 0 bridgehead atoms. The quantitative estimate of drug-likeness (QED) is 0.164. The summed E-state index contributed by atoms with van der Waals surface area (Å²) in [6.07, 6.45) is 1.09. The summed E-state index contributed by atoms with van der Waals surface area (Å²) >= 11 is 0. The van der Waals surface area contributed by atoms with E-state index in [-0.39, 0.29) is 24.1 Å². The Kier molecular flexibility index (Phi) is 15.3. The van der Waals surface area contributed by atoms with Crippen LogP contribution in [0.2, 0.25) is 0 Å². The number of nitrogens with zero attached hydrogens (tertiary/aromatic N) is 2. The summed E-state index contributed by atoms with van der Waals surface area (Å²) < 4.78 is 21.9. The number of anilines is 2. The maximum absolute atomic E-state index is 12.4. The molecule has 252 valence electrons. The van der Waals surface area contributed by atoms with E-state index in [1.165, 1.54) is 0 Å². The lowest BCUT2D eigenvalue weighted by Gasteiger charge is -2.28. The van der Waals surface area contributed by atoms with E-state index in [4.69, 9.17) is 18.9 Å². The molecule has 1 aliphatic carbocycles. The van der Waals surface area contributed by atoms with Gasteiger partial charge in [-0.15, -0.1) is 0 Å². The highest BCUT2D eigenvalue weighted by atomic mass is 16.6. The third kappa shape index (κ3) is 13.1. The molecule has 2 aromatic carbocycles. The molecule has 2 amide bonds. The summed E-state index contributed by atoms with van der Waals surface area (Å²) in [7, 11) is 0. The average molecular weight is 641 g/mol. The summed E-state index contributed by atoms with van der Waals surface area (Å²) in [6, 6.07) is 13.1. The Morgan fingerprint density at radius 2 is 0.913 bits per heavy atom. The molecule has 1 fully saturated rings. The summed E-state index contributed by atoms with van der Waals surface area (Å²) in [5, 5.41) is 5.38. The van der Waals surface area contributed by atoms with Crippen LogP contribution in [-0.4, -0.2) is 85.4 Å². The Morgan fingerprint density at radius 1 is 0.587 bits per heavy atom.